The van der Waals surface area contributed by atoms with Gasteiger partial charge in [-0.25, -0.2) is 27.5 Å². The summed E-state index contributed by atoms with van der Waals surface area (Å²) in [6.45, 7) is 11.2. The number of H-pyrrole nitrogens is 2. The third-order valence-electron chi connectivity index (χ3n) is 9.89. The number of aromatic nitrogens is 4. The Morgan fingerprint density at radius 3 is 1.60 bits per heavy atom. The smallest absolute Gasteiger partial charge is 0.248 e. The summed E-state index contributed by atoms with van der Waals surface area (Å²) in [5.74, 6) is -3.57. The summed E-state index contributed by atoms with van der Waals surface area (Å²) in [6.07, 6.45) is 4.15. The van der Waals surface area contributed by atoms with Gasteiger partial charge >= 0.3 is 0 Å². The molecule has 0 aliphatic heterocycles. The lowest BCUT2D eigenvalue weighted by Crippen LogP contribution is -2.35. The number of aromatic amines is 2. The highest BCUT2D eigenvalue weighted by Gasteiger charge is 2.37. The third kappa shape index (κ3) is 9.40. The molecule has 0 bridgehead atoms. The number of halogens is 4. The van der Waals surface area contributed by atoms with Crippen molar-refractivity contribution in [1.29, 1.82) is 0 Å². The lowest BCUT2D eigenvalue weighted by atomic mass is 9.85. The molecule has 0 unspecified atom stereocenters. The van der Waals surface area contributed by atoms with Gasteiger partial charge in [-0.05, 0) is 83.3 Å². The first kappa shape index (κ1) is 37.1. The van der Waals surface area contributed by atoms with Crippen molar-refractivity contribution < 1.29 is 22.4 Å². The van der Waals surface area contributed by atoms with Gasteiger partial charge in [0.15, 0.2) is 0 Å². The number of nitrogens with zero attached hydrogens (tertiary/aromatic N) is 2. The zero-order valence-electron chi connectivity index (χ0n) is 30.1. The van der Waals surface area contributed by atoms with Crippen molar-refractivity contribution in [2.45, 2.75) is 97.1 Å². The summed E-state index contributed by atoms with van der Waals surface area (Å²) in [5, 5.41) is 10.5. The molecular formula is C41H48F4N6O. The Kier molecular flexibility index (Phi) is 11.1. The summed E-state index contributed by atoms with van der Waals surface area (Å²) < 4.78 is 53.9. The van der Waals surface area contributed by atoms with Crippen molar-refractivity contribution in [3.63, 3.8) is 0 Å². The summed E-state index contributed by atoms with van der Waals surface area (Å²) >= 11 is 0. The van der Waals surface area contributed by atoms with Crippen molar-refractivity contribution >= 4 is 27.5 Å². The molecular weight excluding hydrogens is 668 g/mol. The van der Waals surface area contributed by atoms with Gasteiger partial charge in [-0.15, -0.1) is 0 Å². The Morgan fingerprint density at radius 2 is 1.13 bits per heavy atom. The zero-order valence-corrected chi connectivity index (χ0v) is 30.1. The van der Waals surface area contributed by atoms with Crippen LogP contribution in [0.4, 0.5) is 17.6 Å². The van der Waals surface area contributed by atoms with Crippen LogP contribution in [0.2, 0.25) is 0 Å². The first-order valence-corrected chi connectivity index (χ1v) is 18.3. The maximum atomic E-state index is 13.5. The fraction of sp³-hybridized carbons (Fsp3) is 0.439. The Hall–Kier alpha value is -4.67. The number of fused-ring (bicyclic) bond motifs is 2. The molecule has 2 aliphatic carbocycles. The van der Waals surface area contributed by atoms with Crippen molar-refractivity contribution in [2.24, 2.45) is 17.8 Å². The van der Waals surface area contributed by atoms with Gasteiger partial charge in [0.2, 0.25) is 17.8 Å². The number of hydrogen-bond donors (Lipinski definition) is 4. The third-order valence-corrected chi connectivity index (χ3v) is 9.89. The van der Waals surface area contributed by atoms with Gasteiger partial charge in [-0.1, -0.05) is 51.6 Å². The van der Waals surface area contributed by atoms with Crippen LogP contribution in [0, 0.1) is 17.8 Å². The van der Waals surface area contributed by atoms with Crippen LogP contribution in [0.25, 0.3) is 44.1 Å². The van der Waals surface area contributed by atoms with Crippen molar-refractivity contribution in [1.82, 2.24) is 30.6 Å². The molecule has 276 valence electrons. The maximum Gasteiger partial charge on any atom is 0.248 e. The van der Waals surface area contributed by atoms with Gasteiger partial charge < -0.3 is 20.6 Å². The molecule has 4 N–H and O–H groups in total. The SMILES string of the molecule is C=C(NCc1ncc(-c2ccc3cc4cc(-c5cnc(CNC(=O)C6CCC(F)(F)CC6)[nH]5)ccc4cc3c2)[nH]1)C1CCC(F)(F)CC1.CC(C)C. The van der Waals surface area contributed by atoms with Gasteiger partial charge in [0.05, 0.1) is 36.9 Å². The monoisotopic (exact) mass is 716 g/mol. The average molecular weight is 717 g/mol. The number of carbonyl (C=O) groups excluding carboxylic acids is 1. The topological polar surface area (TPSA) is 98.5 Å². The average Bonchev–Trinajstić information content (AvgIpc) is 3.78. The second-order valence-corrected chi connectivity index (χ2v) is 15.1. The number of amides is 1. The Balaban J connectivity index is 0.00000110. The predicted octanol–water partition coefficient (Wildman–Crippen LogP) is 10.3. The van der Waals surface area contributed by atoms with E-state index in [1.807, 2.05) is 6.07 Å². The van der Waals surface area contributed by atoms with E-state index >= 15 is 0 Å². The van der Waals surface area contributed by atoms with E-state index < -0.39 is 11.8 Å². The molecule has 2 aliphatic rings. The molecule has 52 heavy (non-hydrogen) atoms. The molecule has 0 saturated heterocycles. The fourth-order valence-electron chi connectivity index (χ4n) is 6.88. The van der Waals surface area contributed by atoms with Crippen molar-refractivity contribution in [2.75, 3.05) is 0 Å². The van der Waals surface area contributed by atoms with Gasteiger partial charge in [0.1, 0.15) is 11.6 Å². The van der Waals surface area contributed by atoms with E-state index in [1.54, 1.807) is 12.4 Å². The number of nitrogens with one attached hydrogen (secondary N) is 4. The van der Waals surface area contributed by atoms with Gasteiger partial charge in [-0.2, -0.15) is 0 Å². The van der Waals surface area contributed by atoms with E-state index in [9.17, 15) is 22.4 Å². The second-order valence-electron chi connectivity index (χ2n) is 15.1. The van der Waals surface area contributed by atoms with Gasteiger partial charge in [-0.3, -0.25) is 4.79 Å². The van der Waals surface area contributed by atoms with Crippen LogP contribution >= 0.6 is 0 Å². The minimum atomic E-state index is -2.66. The molecule has 7 rings (SSSR count). The molecule has 1 amide bonds. The quantitative estimate of drug-likeness (QED) is 0.0902. The lowest BCUT2D eigenvalue weighted by molar-refractivity contribution is -0.129. The van der Waals surface area contributed by atoms with Gasteiger partial charge in [0, 0.05) is 48.4 Å². The van der Waals surface area contributed by atoms with Crippen LogP contribution in [0.5, 0.6) is 0 Å². The van der Waals surface area contributed by atoms with Crippen molar-refractivity contribution in [3.8, 4) is 22.5 Å². The fourth-order valence-corrected chi connectivity index (χ4v) is 6.88. The highest BCUT2D eigenvalue weighted by atomic mass is 19.3. The molecule has 0 radical (unpaired) electrons. The minimum absolute atomic E-state index is 0.0523. The van der Waals surface area contributed by atoms with E-state index in [0.29, 0.717) is 25.2 Å². The van der Waals surface area contributed by atoms with Crippen molar-refractivity contribution in [3.05, 3.63) is 84.8 Å². The Labute approximate surface area is 302 Å². The van der Waals surface area contributed by atoms with E-state index in [0.717, 1.165) is 61.5 Å². The van der Waals surface area contributed by atoms with Crippen LogP contribution in [0.15, 0.2) is 73.2 Å². The molecule has 2 heterocycles. The number of carbonyl (C=O) groups is 1. The van der Waals surface area contributed by atoms with Gasteiger partial charge in [0.25, 0.3) is 0 Å². The summed E-state index contributed by atoms with van der Waals surface area (Å²) in [4.78, 5) is 28.1. The molecule has 0 atom stereocenters. The summed E-state index contributed by atoms with van der Waals surface area (Å²) in [6, 6.07) is 16.8. The normalized spacial score (nSPS) is 17.5. The van der Waals surface area contributed by atoms with Crippen LogP contribution < -0.4 is 10.6 Å². The Morgan fingerprint density at radius 1 is 0.712 bits per heavy atom. The molecule has 2 aromatic heterocycles. The number of alkyl halides is 4. The molecule has 2 saturated carbocycles. The standard InChI is InChI=1S/C37H38F4N6O.C4H10/c1-22(23-6-10-36(38,39)11-7-23)42-20-33-43-18-31(46-33)27-4-2-25-15-30-17-28(5-3-26(30)14-29(25)16-27)32-19-44-34(47-32)21-45-35(48)24-8-12-37(40,41)13-9-24;1-4(2)3/h2-5,14-19,23-24,42H,1,6-13,20-21H2,(H,43,46)(H,44,47)(H,45,48);4H,1-3H3. The first-order valence-electron chi connectivity index (χ1n) is 18.3. The first-order chi connectivity index (χ1) is 24.7. The highest BCUT2D eigenvalue weighted by molar-refractivity contribution is 6.00. The van der Waals surface area contributed by atoms with E-state index in [1.165, 1.54) is 0 Å². The van der Waals surface area contributed by atoms with Crippen LogP contribution in [-0.2, 0) is 17.9 Å². The van der Waals surface area contributed by atoms with Crippen LogP contribution in [0.3, 0.4) is 0 Å². The number of allylic oxidation sites excluding steroid dienone is 1. The molecule has 3 aromatic carbocycles. The predicted molar refractivity (Wildman–Crippen MR) is 199 cm³/mol. The van der Waals surface area contributed by atoms with E-state index in [4.69, 9.17) is 0 Å². The Bertz CT molecular complexity index is 1870. The summed E-state index contributed by atoms with van der Waals surface area (Å²) in [5.41, 5.74) is 4.46. The maximum absolute atomic E-state index is 13.5. The lowest BCUT2D eigenvalue weighted by Gasteiger charge is -2.29. The minimum Gasteiger partial charge on any atom is -0.381 e. The number of imidazole rings is 2. The molecule has 11 heteroatoms. The van der Waals surface area contributed by atoms with E-state index in [-0.39, 0.29) is 62.8 Å². The second kappa shape index (κ2) is 15.5. The summed E-state index contributed by atoms with van der Waals surface area (Å²) in [7, 11) is 0. The molecule has 2 fully saturated rings. The molecule has 0 spiro atoms. The number of hydrogen-bond acceptors (Lipinski definition) is 4. The largest absolute Gasteiger partial charge is 0.381 e. The van der Waals surface area contributed by atoms with E-state index in [2.05, 4.69) is 100 Å². The zero-order chi connectivity index (χ0) is 37.0. The highest BCUT2D eigenvalue weighted by Crippen LogP contribution is 2.38. The molecule has 5 aromatic rings. The van der Waals surface area contributed by atoms with Crippen LogP contribution in [0.1, 0.15) is 83.8 Å². The number of rotatable bonds is 9. The molecule has 7 nitrogen and oxygen atoms in total. The number of benzene rings is 3. The van der Waals surface area contributed by atoms with Crippen LogP contribution in [-0.4, -0.2) is 37.7 Å².